The van der Waals surface area contributed by atoms with Crippen molar-refractivity contribution in [3.05, 3.63) is 33.4 Å². The molecule has 1 amide bonds. The molecule has 2 saturated heterocycles. The van der Waals surface area contributed by atoms with Gasteiger partial charge in [-0.1, -0.05) is 6.07 Å². The molecule has 1 aromatic carbocycles. The Kier molecular flexibility index (Phi) is 3.08. The molecule has 0 radical (unpaired) electrons. The number of benzene rings is 1. The number of carbonyl (C=O) groups is 1. The van der Waals surface area contributed by atoms with E-state index in [2.05, 4.69) is 27.9 Å². The summed E-state index contributed by atoms with van der Waals surface area (Å²) in [7, 11) is 0. The molecular weight excluding hydrogens is 327 g/mol. The Morgan fingerprint density at radius 1 is 1.29 bits per heavy atom. The Labute approximate surface area is 115 Å². The molecule has 4 heteroatoms. The number of nitrogens with one attached hydrogen (secondary N) is 1. The molecule has 2 unspecified atom stereocenters. The minimum absolute atomic E-state index is 0.193. The van der Waals surface area contributed by atoms with Crippen molar-refractivity contribution in [3.63, 3.8) is 0 Å². The van der Waals surface area contributed by atoms with Crippen LogP contribution in [0.1, 0.15) is 10.4 Å². The smallest absolute Gasteiger partial charge is 0.253 e. The number of likely N-dealkylation sites (tertiary alicyclic amines) is 1. The average molecular weight is 342 g/mol. The van der Waals surface area contributed by atoms with Crippen LogP contribution in [-0.4, -0.2) is 37.0 Å². The van der Waals surface area contributed by atoms with Gasteiger partial charge in [0, 0.05) is 35.3 Å². The van der Waals surface area contributed by atoms with E-state index in [9.17, 15) is 4.79 Å². The lowest BCUT2D eigenvalue weighted by molar-refractivity contribution is 0.0781. The number of halogens is 1. The summed E-state index contributed by atoms with van der Waals surface area (Å²) in [6.45, 7) is 3.98. The monoisotopic (exact) mass is 342 g/mol. The Balaban J connectivity index is 1.75. The maximum Gasteiger partial charge on any atom is 0.253 e. The summed E-state index contributed by atoms with van der Waals surface area (Å²) in [5, 5.41) is 3.39. The van der Waals surface area contributed by atoms with Gasteiger partial charge in [0.05, 0.1) is 0 Å². The van der Waals surface area contributed by atoms with E-state index in [1.807, 2.05) is 29.2 Å². The van der Waals surface area contributed by atoms with Gasteiger partial charge in [-0.05, 0) is 52.6 Å². The van der Waals surface area contributed by atoms with Crippen molar-refractivity contribution >= 4 is 28.5 Å². The second-order valence-corrected chi connectivity index (χ2v) is 6.14. The molecule has 2 fully saturated rings. The Morgan fingerprint density at radius 3 is 2.65 bits per heavy atom. The molecule has 2 atom stereocenters. The minimum atomic E-state index is 0.193. The fourth-order valence-electron chi connectivity index (χ4n) is 2.83. The van der Waals surface area contributed by atoms with Gasteiger partial charge in [-0.3, -0.25) is 4.79 Å². The number of nitrogens with zero attached hydrogens (tertiary/aromatic N) is 1. The third-order valence-electron chi connectivity index (χ3n) is 3.75. The van der Waals surface area contributed by atoms with Crippen molar-refractivity contribution in [2.75, 3.05) is 26.2 Å². The van der Waals surface area contributed by atoms with Gasteiger partial charge in [0.2, 0.25) is 0 Å². The molecule has 0 aromatic heterocycles. The summed E-state index contributed by atoms with van der Waals surface area (Å²) in [6.07, 6.45) is 0. The number of fused-ring (bicyclic) bond motifs is 1. The van der Waals surface area contributed by atoms with Crippen LogP contribution in [-0.2, 0) is 0 Å². The van der Waals surface area contributed by atoms with Crippen LogP contribution in [0.15, 0.2) is 24.3 Å². The van der Waals surface area contributed by atoms with Crippen LogP contribution in [0, 0.1) is 15.4 Å². The van der Waals surface area contributed by atoms with Crippen molar-refractivity contribution in [2.45, 2.75) is 0 Å². The highest BCUT2D eigenvalue weighted by atomic mass is 127. The predicted octanol–water partition coefficient (Wildman–Crippen LogP) is 1.58. The molecule has 1 aromatic rings. The zero-order valence-corrected chi connectivity index (χ0v) is 11.7. The van der Waals surface area contributed by atoms with E-state index in [-0.39, 0.29) is 5.91 Å². The van der Waals surface area contributed by atoms with Gasteiger partial charge in [-0.2, -0.15) is 0 Å². The normalized spacial score (nSPS) is 27.2. The van der Waals surface area contributed by atoms with Gasteiger partial charge in [-0.15, -0.1) is 0 Å². The highest BCUT2D eigenvalue weighted by Crippen LogP contribution is 2.27. The van der Waals surface area contributed by atoms with Crippen molar-refractivity contribution in [1.82, 2.24) is 10.2 Å². The van der Waals surface area contributed by atoms with Crippen LogP contribution in [0.3, 0.4) is 0 Å². The summed E-state index contributed by atoms with van der Waals surface area (Å²) in [5.41, 5.74) is 0.824. The van der Waals surface area contributed by atoms with Gasteiger partial charge in [-0.25, -0.2) is 0 Å². The van der Waals surface area contributed by atoms with Crippen LogP contribution < -0.4 is 5.32 Å². The van der Waals surface area contributed by atoms with E-state index in [0.29, 0.717) is 11.8 Å². The van der Waals surface area contributed by atoms with Crippen LogP contribution in [0.2, 0.25) is 0 Å². The lowest BCUT2D eigenvalue weighted by atomic mass is 10.0. The third kappa shape index (κ3) is 2.20. The molecule has 90 valence electrons. The SMILES string of the molecule is O=C(c1cccc(I)c1)N1CC2CNCC2C1. The van der Waals surface area contributed by atoms with Crippen molar-refractivity contribution < 1.29 is 4.79 Å². The number of rotatable bonds is 1. The minimum Gasteiger partial charge on any atom is -0.338 e. The molecule has 2 heterocycles. The molecule has 1 N–H and O–H groups in total. The van der Waals surface area contributed by atoms with E-state index in [1.54, 1.807) is 0 Å². The summed E-state index contributed by atoms with van der Waals surface area (Å²) in [6, 6.07) is 7.85. The summed E-state index contributed by atoms with van der Waals surface area (Å²) < 4.78 is 1.12. The van der Waals surface area contributed by atoms with Gasteiger partial charge in [0.25, 0.3) is 5.91 Å². The molecule has 0 saturated carbocycles. The van der Waals surface area contributed by atoms with Gasteiger partial charge in [0.1, 0.15) is 0 Å². The van der Waals surface area contributed by atoms with E-state index in [1.165, 1.54) is 0 Å². The maximum atomic E-state index is 12.3. The van der Waals surface area contributed by atoms with E-state index in [4.69, 9.17) is 0 Å². The van der Waals surface area contributed by atoms with Gasteiger partial charge < -0.3 is 10.2 Å². The first-order valence-corrected chi connectivity index (χ1v) is 7.07. The van der Waals surface area contributed by atoms with E-state index < -0.39 is 0 Å². The zero-order chi connectivity index (χ0) is 11.8. The average Bonchev–Trinajstić information content (AvgIpc) is 2.88. The number of carbonyl (C=O) groups excluding carboxylic acids is 1. The molecular formula is C13H15IN2O. The Morgan fingerprint density at radius 2 is 2.00 bits per heavy atom. The molecule has 17 heavy (non-hydrogen) atoms. The second kappa shape index (κ2) is 4.57. The number of hydrogen-bond acceptors (Lipinski definition) is 2. The molecule has 3 nitrogen and oxygen atoms in total. The first-order chi connectivity index (χ1) is 8.24. The largest absolute Gasteiger partial charge is 0.338 e. The van der Waals surface area contributed by atoms with Crippen molar-refractivity contribution in [3.8, 4) is 0 Å². The lowest BCUT2D eigenvalue weighted by Crippen LogP contribution is -2.31. The first kappa shape index (κ1) is 11.5. The maximum absolute atomic E-state index is 12.3. The number of amides is 1. The number of hydrogen-bond donors (Lipinski definition) is 1. The van der Waals surface area contributed by atoms with Crippen LogP contribution in [0.4, 0.5) is 0 Å². The van der Waals surface area contributed by atoms with Crippen LogP contribution in [0.5, 0.6) is 0 Å². The summed E-state index contributed by atoms with van der Waals surface area (Å²) >= 11 is 2.25. The quantitative estimate of drug-likeness (QED) is 0.786. The molecule has 0 aliphatic carbocycles. The van der Waals surface area contributed by atoms with Gasteiger partial charge in [0.15, 0.2) is 0 Å². The topological polar surface area (TPSA) is 32.3 Å². The zero-order valence-electron chi connectivity index (χ0n) is 9.53. The molecule has 2 aliphatic rings. The predicted molar refractivity (Wildman–Crippen MR) is 74.9 cm³/mol. The van der Waals surface area contributed by atoms with Crippen molar-refractivity contribution in [1.29, 1.82) is 0 Å². The van der Waals surface area contributed by atoms with Crippen molar-refractivity contribution in [2.24, 2.45) is 11.8 Å². The third-order valence-corrected chi connectivity index (χ3v) is 4.42. The molecule has 3 rings (SSSR count). The highest BCUT2D eigenvalue weighted by Gasteiger charge is 2.38. The Bertz CT molecular complexity index is 437. The van der Waals surface area contributed by atoms with Gasteiger partial charge >= 0.3 is 0 Å². The molecule has 2 aliphatic heterocycles. The van der Waals surface area contributed by atoms with E-state index in [0.717, 1.165) is 35.3 Å². The standard InChI is InChI=1S/C13H15IN2O/c14-12-3-1-2-9(4-12)13(17)16-7-10-5-15-6-11(10)8-16/h1-4,10-11,15H,5-8H2. The fourth-order valence-corrected chi connectivity index (χ4v) is 3.37. The molecule has 0 spiro atoms. The molecule has 0 bridgehead atoms. The fraction of sp³-hybridized carbons (Fsp3) is 0.462. The first-order valence-electron chi connectivity index (χ1n) is 5.99. The highest BCUT2D eigenvalue weighted by molar-refractivity contribution is 14.1. The van der Waals surface area contributed by atoms with E-state index >= 15 is 0 Å². The Hall–Kier alpha value is -0.620. The summed E-state index contributed by atoms with van der Waals surface area (Å²) in [5.74, 6) is 1.53. The summed E-state index contributed by atoms with van der Waals surface area (Å²) in [4.78, 5) is 14.3. The van der Waals surface area contributed by atoms with Crippen LogP contribution >= 0.6 is 22.6 Å². The second-order valence-electron chi connectivity index (χ2n) is 4.90. The lowest BCUT2D eigenvalue weighted by Gasteiger charge is -2.17. The van der Waals surface area contributed by atoms with Crippen LogP contribution in [0.25, 0.3) is 0 Å².